The maximum absolute atomic E-state index is 13.3. The van der Waals surface area contributed by atoms with Gasteiger partial charge in [0, 0.05) is 29.3 Å². The molecule has 0 radical (unpaired) electrons. The van der Waals surface area contributed by atoms with Crippen molar-refractivity contribution >= 4 is 17.5 Å². The number of carbonyl (C=O) groups is 2. The summed E-state index contributed by atoms with van der Waals surface area (Å²) < 4.78 is 5.03. The van der Waals surface area contributed by atoms with Gasteiger partial charge in [-0.15, -0.1) is 0 Å². The molecule has 4 rings (SSSR count). The fourth-order valence-corrected chi connectivity index (χ4v) is 4.53. The number of Topliss-reactive ketones (excluding diaryl/α,β-unsaturated/α-hetero) is 1. The molecule has 148 valence electrons. The van der Waals surface area contributed by atoms with E-state index < -0.39 is 17.8 Å². The van der Waals surface area contributed by atoms with Crippen molar-refractivity contribution < 1.29 is 19.4 Å². The maximum atomic E-state index is 13.3. The van der Waals surface area contributed by atoms with Crippen LogP contribution in [0.5, 0.6) is 5.75 Å². The van der Waals surface area contributed by atoms with E-state index in [1.54, 1.807) is 25.1 Å². The summed E-state index contributed by atoms with van der Waals surface area (Å²) in [6.07, 6.45) is 1.02. The number of carbonyl (C=O) groups excluding carboxylic acids is 2. The normalized spacial score (nSPS) is 24.0. The van der Waals surface area contributed by atoms with E-state index in [0.717, 1.165) is 11.3 Å². The number of phenols is 1. The first kappa shape index (κ1) is 19.1. The Labute approximate surface area is 169 Å². The molecule has 0 spiro atoms. The predicted molar refractivity (Wildman–Crippen MR) is 110 cm³/mol. The Morgan fingerprint density at radius 2 is 1.79 bits per heavy atom. The lowest BCUT2D eigenvalue weighted by molar-refractivity contribution is -0.143. The third kappa shape index (κ3) is 3.48. The van der Waals surface area contributed by atoms with E-state index in [-0.39, 0.29) is 17.5 Å². The second-order valence-electron chi connectivity index (χ2n) is 7.63. The molecule has 2 aliphatic rings. The lowest BCUT2D eigenvalue weighted by atomic mass is 9.69. The van der Waals surface area contributed by atoms with Gasteiger partial charge in [-0.05, 0) is 42.5 Å². The third-order valence-corrected chi connectivity index (χ3v) is 5.84. The topological polar surface area (TPSA) is 76.0 Å². The van der Waals surface area contributed by atoms with E-state index in [9.17, 15) is 14.7 Å². The van der Waals surface area contributed by atoms with Gasteiger partial charge in [0.25, 0.3) is 0 Å². The van der Waals surface area contributed by atoms with Crippen molar-refractivity contribution in [1.29, 1.82) is 0 Å². The number of hydrogen-bond acceptors (Lipinski definition) is 5. The van der Waals surface area contributed by atoms with Crippen molar-refractivity contribution in [2.75, 3.05) is 7.11 Å². The van der Waals surface area contributed by atoms with Crippen molar-refractivity contribution in [2.45, 2.75) is 31.6 Å². The van der Waals surface area contributed by atoms with Crippen LogP contribution in [0.4, 0.5) is 0 Å². The van der Waals surface area contributed by atoms with Gasteiger partial charge in [-0.3, -0.25) is 14.6 Å². The van der Waals surface area contributed by atoms with Crippen molar-refractivity contribution in [1.82, 2.24) is 0 Å². The zero-order valence-corrected chi connectivity index (χ0v) is 16.5. The molecular formula is C24H23NO4. The van der Waals surface area contributed by atoms with Crippen LogP contribution in [0.2, 0.25) is 0 Å². The molecule has 0 aromatic heterocycles. The van der Waals surface area contributed by atoms with E-state index in [0.29, 0.717) is 29.7 Å². The van der Waals surface area contributed by atoms with Gasteiger partial charge in [0.2, 0.25) is 0 Å². The van der Waals surface area contributed by atoms with Gasteiger partial charge in [-0.2, -0.15) is 0 Å². The Morgan fingerprint density at radius 1 is 1.07 bits per heavy atom. The van der Waals surface area contributed by atoms with E-state index >= 15 is 0 Å². The summed E-state index contributed by atoms with van der Waals surface area (Å²) in [5.41, 5.74) is 3.77. The number of allylic oxidation sites excluding steroid dienone is 2. The first-order valence-electron chi connectivity index (χ1n) is 9.72. The minimum absolute atomic E-state index is 0.00130. The van der Waals surface area contributed by atoms with Crippen LogP contribution in [-0.2, 0) is 14.3 Å². The van der Waals surface area contributed by atoms with Gasteiger partial charge in [-0.1, -0.05) is 42.5 Å². The van der Waals surface area contributed by atoms with Crippen LogP contribution in [0, 0.1) is 5.92 Å². The number of phenolic OH excluding ortho intramolecular Hbond substituents is 1. The van der Waals surface area contributed by atoms with E-state index in [2.05, 4.69) is 0 Å². The number of benzene rings is 2. The molecule has 0 bridgehead atoms. The monoisotopic (exact) mass is 389 g/mol. The number of ether oxygens (including phenoxy) is 1. The highest BCUT2D eigenvalue weighted by atomic mass is 16.5. The van der Waals surface area contributed by atoms with E-state index in [4.69, 9.17) is 9.73 Å². The molecule has 3 atom stereocenters. The molecule has 1 aliphatic heterocycles. The van der Waals surface area contributed by atoms with E-state index in [1.165, 1.54) is 7.11 Å². The molecule has 2 aromatic rings. The summed E-state index contributed by atoms with van der Waals surface area (Å²) in [7, 11) is 1.34. The minimum Gasteiger partial charge on any atom is -0.508 e. The van der Waals surface area contributed by atoms with Crippen LogP contribution in [-0.4, -0.2) is 29.7 Å². The molecule has 1 heterocycles. The number of aromatic hydroxyl groups is 1. The molecule has 1 N–H and O–H groups in total. The Bertz CT molecular complexity index is 1020. The smallest absolute Gasteiger partial charge is 0.315 e. The number of ketones is 1. The second-order valence-corrected chi connectivity index (χ2v) is 7.63. The third-order valence-electron chi connectivity index (χ3n) is 5.84. The van der Waals surface area contributed by atoms with Crippen molar-refractivity contribution in [3.63, 3.8) is 0 Å². The molecular weight excluding hydrogens is 366 g/mol. The minimum atomic E-state index is -0.683. The molecule has 1 aliphatic carbocycles. The standard InChI is InChI=1S/C24H23NO4/c1-14-21(24(28)29-2)22(16-9-6-10-18(26)11-16)23-19(25-14)12-17(13-20(23)27)15-7-4-3-5-8-15/h3-11,17,21-22,26H,12-13H2,1-2H3/t17-,21?,22+/m0/s1. The molecule has 1 unspecified atom stereocenters. The molecule has 0 saturated heterocycles. The Morgan fingerprint density at radius 3 is 2.48 bits per heavy atom. The fraction of sp³-hybridized carbons (Fsp3) is 0.292. The highest BCUT2D eigenvalue weighted by Gasteiger charge is 2.44. The number of esters is 1. The summed E-state index contributed by atoms with van der Waals surface area (Å²) in [5.74, 6) is -1.45. The fourth-order valence-electron chi connectivity index (χ4n) is 4.53. The maximum Gasteiger partial charge on any atom is 0.315 e. The second kappa shape index (κ2) is 7.66. The van der Waals surface area contributed by atoms with Crippen molar-refractivity contribution in [3.05, 3.63) is 77.0 Å². The number of hydrogen-bond donors (Lipinski definition) is 1. The van der Waals surface area contributed by atoms with Gasteiger partial charge in [0.05, 0.1) is 7.11 Å². The zero-order chi connectivity index (χ0) is 20.5. The lowest BCUT2D eigenvalue weighted by Crippen LogP contribution is -2.37. The Balaban J connectivity index is 1.83. The first-order chi connectivity index (χ1) is 14.0. The van der Waals surface area contributed by atoms with Crippen molar-refractivity contribution in [2.24, 2.45) is 10.9 Å². The van der Waals surface area contributed by atoms with Crippen LogP contribution in [0.15, 0.2) is 70.9 Å². The number of aliphatic imine (C=N–C) groups is 1. The zero-order valence-electron chi connectivity index (χ0n) is 16.5. The van der Waals surface area contributed by atoms with Gasteiger partial charge in [-0.25, -0.2) is 0 Å². The van der Waals surface area contributed by atoms with Crippen LogP contribution in [0.25, 0.3) is 0 Å². The van der Waals surface area contributed by atoms with Gasteiger partial charge >= 0.3 is 5.97 Å². The lowest BCUT2D eigenvalue weighted by Gasteiger charge is -2.36. The molecule has 2 aromatic carbocycles. The molecule has 29 heavy (non-hydrogen) atoms. The number of nitrogens with zero attached hydrogens (tertiary/aromatic N) is 1. The summed E-state index contributed by atoms with van der Waals surface area (Å²) in [6.45, 7) is 1.80. The summed E-state index contributed by atoms with van der Waals surface area (Å²) in [4.78, 5) is 30.6. The van der Waals surface area contributed by atoms with Crippen molar-refractivity contribution in [3.8, 4) is 5.75 Å². The quantitative estimate of drug-likeness (QED) is 0.801. The van der Waals surface area contributed by atoms with Gasteiger partial charge < -0.3 is 9.84 Å². The summed E-state index contributed by atoms with van der Waals surface area (Å²) in [5, 5.41) is 10.00. The van der Waals surface area contributed by atoms with Crippen LogP contribution in [0.1, 0.15) is 42.7 Å². The molecule has 0 fully saturated rings. The largest absolute Gasteiger partial charge is 0.508 e. The van der Waals surface area contributed by atoms with E-state index in [1.807, 2.05) is 36.4 Å². The average Bonchev–Trinajstić information content (AvgIpc) is 2.72. The van der Waals surface area contributed by atoms with Gasteiger partial charge in [0.15, 0.2) is 5.78 Å². The summed E-state index contributed by atoms with van der Waals surface area (Å²) >= 11 is 0. The average molecular weight is 389 g/mol. The van der Waals surface area contributed by atoms with Crippen LogP contribution in [0.3, 0.4) is 0 Å². The highest BCUT2D eigenvalue weighted by molar-refractivity contribution is 6.09. The van der Waals surface area contributed by atoms with Gasteiger partial charge in [0.1, 0.15) is 11.7 Å². The molecule has 0 saturated carbocycles. The first-order valence-corrected chi connectivity index (χ1v) is 9.72. The predicted octanol–water partition coefficient (Wildman–Crippen LogP) is 4.14. The SMILES string of the molecule is COC(=O)C1C(C)=NC2=C(C(=O)C[C@@H](c3ccccc3)C2)[C@@H]1c1cccc(O)c1. The summed E-state index contributed by atoms with van der Waals surface area (Å²) in [6, 6.07) is 16.7. The Kier molecular flexibility index (Phi) is 5.05. The Hall–Kier alpha value is -3.21. The molecule has 5 nitrogen and oxygen atoms in total. The highest BCUT2D eigenvalue weighted by Crippen LogP contribution is 2.47. The number of methoxy groups -OCH3 is 1. The van der Waals surface area contributed by atoms with Crippen LogP contribution >= 0.6 is 0 Å². The molecule has 0 amide bonds. The van der Waals surface area contributed by atoms with Crippen LogP contribution < -0.4 is 0 Å². The number of rotatable bonds is 3. The molecule has 5 heteroatoms.